The predicted molar refractivity (Wildman–Crippen MR) is 68.3 cm³/mol. The van der Waals surface area contributed by atoms with E-state index in [1.807, 2.05) is 0 Å². The molecule has 0 aliphatic rings. The van der Waals surface area contributed by atoms with Crippen LogP contribution in [0.1, 0.15) is 17.4 Å². The molecule has 2 rings (SSSR count). The summed E-state index contributed by atoms with van der Waals surface area (Å²) in [5, 5.41) is 25.4. The van der Waals surface area contributed by atoms with E-state index in [1.54, 1.807) is 6.92 Å². The van der Waals surface area contributed by atoms with Gasteiger partial charge in [-0.1, -0.05) is 16.8 Å². The molecule has 1 amide bonds. The first-order chi connectivity index (χ1) is 9.04. The Morgan fingerprint density at radius 1 is 1.37 bits per heavy atom. The number of hydrogen-bond acceptors (Lipinski definition) is 5. The van der Waals surface area contributed by atoms with Crippen LogP contribution in [0.15, 0.2) is 22.9 Å². The maximum atomic E-state index is 11.8. The second-order valence-corrected chi connectivity index (χ2v) is 4.16. The van der Waals surface area contributed by atoms with Crippen molar-refractivity contribution in [3.8, 4) is 22.6 Å². The lowest BCUT2D eigenvalue weighted by Crippen LogP contribution is -2.23. The number of carbonyl (C=O) groups is 1. The second kappa shape index (κ2) is 5.19. The predicted octanol–water partition coefficient (Wildman–Crippen LogP) is 2.16. The first kappa shape index (κ1) is 13.2. The Kier molecular flexibility index (Phi) is 3.62. The summed E-state index contributed by atoms with van der Waals surface area (Å²) in [5.41, 5.74) is 0.592. The van der Waals surface area contributed by atoms with Gasteiger partial charge < -0.3 is 20.1 Å². The van der Waals surface area contributed by atoms with E-state index < -0.39 is 5.91 Å². The smallest absolute Gasteiger partial charge is 0.274 e. The summed E-state index contributed by atoms with van der Waals surface area (Å²) in [5.74, 6) is -0.899. The molecule has 0 saturated carbocycles. The van der Waals surface area contributed by atoms with Crippen molar-refractivity contribution in [2.45, 2.75) is 6.92 Å². The molecule has 6 nitrogen and oxygen atoms in total. The van der Waals surface area contributed by atoms with Crippen LogP contribution in [-0.4, -0.2) is 27.8 Å². The molecular weight excluding hydrogens is 272 g/mol. The molecule has 0 saturated heterocycles. The largest absolute Gasteiger partial charge is 0.507 e. The Bertz CT molecular complexity index is 624. The van der Waals surface area contributed by atoms with Crippen LogP contribution in [0, 0.1) is 0 Å². The van der Waals surface area contributed by atoms with Crippen LogP contribution in [0.2, 0.25) is 5.02 Å². The third kappa shape index (κ3) is 2.48. The Hall–Kier alpha value is -2.21. The van der Waals surface area contributed by atoms with E-state index in [4.69, 9.17) is 16.1 Å². The van der Waals surface area contributed by atoms with Gasteiger partial charge in [-0.25, -0.2) is 0 Å². The molecule has 0 fully saturated rings. The van der Waals surface area contributed by atoms with Crippen LogP contribution in [-0.2, 0) is 0 Å². The fourth-order valence-electron chi connectivity index (χ4n) is 1.60. The fraction of sp³-hybridized carbons (Fsp3) is 0.167. The summed E-state index contributed by atoms with van der Waals surface area (Å²) in [6.45, 7) is 2.21. The Morgan fingerprint density at radius 3 is 2.79 bits per heavy atom. The molecule has 100 valence electrons. The van der Waals surface area contributed by atoms with Gasteiger partial charge in [0.05, 0.1) is 10.6 Å². The lowest BCUT2D eigenvalue weighted by Gasteiger charge is -2.06. The maximum absolute atomic E-state index is 11.8. The third-order valence-corrected chi connectivity index (χ3v) is 2.78. The van der Waals surface area contributed by atoms with Crippen molar-refractivity contribution in [3.05, 3.63) is 29.1 Å². The van der Waals surface area contributed by atoms with E-state index in [2.05, 4.69) is 10.5 Å². The third-order valence-electron chi connectivity index (χ3n) is 2.48. The molecule has 3 N–H and O–H groups in total. The van der Waals surface area contributed by atoms with Crippen LogP contribution in [0.3, 0.4) is 0 Å². The minimum atomic E-state index is -0.421. The lowest BCUT2D eigenvalue weighted by atomic mass is 10.0. The molecule has 0 unspecified atom stereocenters. The number of hydrogen-bond donors (Lipinski definition) is 3. The van der Waals surface area contributed by atoms with Crippen molar-refractivity contribution >= 4 is 17.5 Å². The number of phenolic OH excluding ortho intramolecular Hbond substituents is 2. The van der Waals surface area contributed by atoms with Crippen molar-refractivity contribution in [2.24, 2.45) is 0 Å². The van der Waals surface area contributed by atoms with Crippen molar-refractivity contribution in [1.82, 2.24) is 10.5 Å². The molecule has 0 aliphatic heterocycles. The summed E-state index contributed by atoms with van der Waals surface area (Å²) in [6.07, 6.45) is 1.23. The van der Waals surface area contributed by atoms with Crippen molar-refractivity contribution in [3.63, 3.8) is 0 Å². The molecule has 1 aromatic heterocycles. The number of aromatic hydroxyl groups is 2. The molecule has 0 bridgehead atoms. The second-order valence-electron chi connectivity index (χ2n) is 3.76. The van der Waals surface area contributed by atoms with Crippen LogP contribution in [0.5, 0.6) is 11.5 Å². The monoisotopic (exact) mass is 282 g/mol. The van der Waals surface area contributed by atoms with Crippen LogP contribution < -0.4 is 5.32 Å². The maximum Gasteiger partial charge on any atom is 0.274 e. The molecule has 7 heteroatoms. The quantitative estimate of drug-likeness (QED) is 0.802. The van der Waals surface area contributed by atoms with E-state index in [0.717, 1.165) is 6.07 Å². The summed E-state index contributed by atoms with van der Waals surface area (Å²) in [6, 6.07) is 2.42. The molecule has 0 radical (unpaired) electrons. The molecular formula is C12H11ClN2O4. The molecule has 1 heterocycles. The van der Waals surface area contributed by atoms with E-state index in [1.165, 1.54) is 12.3 Å². The standard InChI is InChI=1S/C12H11ClN2O4/c1-2-14-12(18)11-7(5-19-15-11)6-3-8(13)10(17)4-9(6)16/h3-5,16-17H,2H2,1H3,(H,14,18). The summed E-state index contributed by atoms with van der Waals surface area (Å²) < 4.78 is 4.77. The first-order valence-corrected chi connectivity index (χ1v) is 5.86. The highest BCUT2D eigenvalue weighted by Gasteiger charge is 2.20. The van der Waals surface area contributed by atoms with E-state index >= 15 is 0 Å². The highest BCUT2D eigenvalue weighted by molar-refractivity contribution is 6.32. The summed E-state index contributed by atoms with van der Waals surface area (Å²) in [7, 11) is 0. The summed E-state index contributed by atoms with van der Waals surface area (Å²) >= 11 is 5.78. The van der Waals surface area contributed by atoms with Gasteiger partial charge in [0, 0.05) is 18.2 Å². The number of rotatable bonds is 3. The van der Waals surface area contributed by atoms with Crippen molar-refractivity contribution in [1.29, 1.82) is 0 Å². The van der Waals surface area contributed by atoms with Gasteiger partial charge >= 0.3 is 0 Å². The SMILES string of the molecule is CCNC(=O)c1nocc1-c1cc(Cl)c(O)cc1O. The molecule has 19 heavy (non-hydrogen) atoms. The normalized spacial score (nSPS) is 10.4. The number of nitrogens with zero attached hydrogens (tertiary/aromatic N) is 1. The lowest BCUT2D eigenvalue weighted by molar-refractivity contribution is 0.0947. The topological polar surface area (TPSA) is 95.6 Å². The number of nitrogens with one attached hydrogen (secondary N) is 1. The van der Waals surface area contributed by atoms with Gasteiger partial charge in [0.25, 0.3) is 5.91 Å². The zero-order chi connectivity index (χ0) is 14.0. The average molecular weight is 283 g/mol. The first-order valence-electron chi connectivity index (χ1n) is 5.49. The number of benzene rings is 1. The zero-order valence-corrected chi connectivity index (χ0v) is 10.7. The number of aromatic nitrogens is 1. The Labute approximate surface area is 113 Å². The van der Waals surface area contributed by atoms with Gasteiger partial charge in [0.2, 0.25) is 0 Å². The highest BCUT2D eigenvalue weighted by Crippen LogP contribution is 2.38. The molecule has 2 aromatic rings. The number of carbonyl (C=O) groups excluding carboxylic acids is 1. The highest BCUT2D eigenvalue weighted by atomic mass is 35.5. The molecule has 0 aliphatic carbocycles. The van der Waals surface area contributed by atoms with Gasteiger partial charge in [-0.05, 0) is 13.0 Å². The van der Waals surface area contributed by atoms with E-state index in [9.17, 15) is 15.0 Å². The Morgan fingerprint density at radius 2 is 2.11 bits per heavy atom. The molecule has 1 aromatic carbocycles. The average Bonchev–Trinajstić information content (AvgIpc) is 2.83. The number of halogens is 1. The van der Waals surface area contributed by atoms with Gasteiger partial charge in [-0.15, -0.1) is 0 Å². The van der Waals surface area contributed by atoms with Crippen LogP contribution in [0.25, 0.3) is 11.1 Å². The number of phenols is 2. The van der Waals surface area contributed by atoms with Gasteiger partial charge in [0.15, 0.2) is 5.69 Å². The molecule has 0 spiro atoms. The Balaban J connectivity index is 2.51. The van der Waals surface area contributed by atoms with Crippen molar-refractivity contribution < 1.29 is 19.5 Å². The van der Waals surface area contributed by atoms with Crippen LogP contribution >= 0.6 is 11.6 Å². The number of amides is 1. The van der Waals surface area contributed by atoms with Gasteiger partial charge in [-0.2, -0.15) is 0 Å². The van der Waals surface area contributed by atoms with Crippen LogP contribution in [0.4, 0.5) is 0 Å². The zero-order valence-electron chi connectivity index (χ0n) is 9.98. The minimum Gasteiger partial charge on any atom is -0.507 e. The fourth-order valence-corrected chi connectivity index (χ4v) is 1.77. The summed E-state index contributed by atoms with van der Waals surface area (Å²) in [4.78, 5) is 11.8. The van der Waals surface area contributed by atoms with Gasteiger partial charge in [-0.3, -0.25) is 4.79 Å². The minimum absolute atomic E-state index is 0.0407. The van der Waals surface area contributed by atoms with Crippen molar-refractivity contribution in [2.75, 3.05) is 6.54 Å². The molecule has 0 atom stereocenters. The van der Waals surface area contributed by atoms with Gasteiger partial charge in [0.1, 0.15) is 17.8 Å². The van der Waals surface area contributed by atoms with E-state index in [0.29, 0.717) is 12.1 Å². The van der Waals surface area contributed by atoms with E-state index in [-0.39, 0.29) is 27.8 Å².